The third-order valence-electron chi connectivity index (χ3n) is 2.47. The van der Waals surface area contributed by atoms with E-state index in [1.807, 2.05) is 6.92 Å². The molecule has 0 saturated carbocycles. The topological polar surface area (TPSA) is 12.0 Å². The lowest BCUT2D eigenvalue weighted by molar-refractivity contribution is 0.472. The minimum Gasteiger partial charge on any atom is -0.309 e. The Morgan fingerprint density at radius 3 is 2.47 bits per heavy atom. The maximum absolute atomic E-state index is 13.6. The van der Waals surface area contributed by atoms with Crippen LogP contribution in [-0.4, -0.2) is 6.54 Å². The second-order valence-electron chi connectivity index (χ2n) is 3.77. The van der Waals surface area contributed by atoms with Crippen LogP contribution in [0.5, 0.6) is 0 Å². The van der Waals surface area contributed by atoms with Crippen LogP contribution in [0.1, 0.15) is 38.3 Å². The van der Waals surface area contributed by atoms with Gasteiger partial charge in [0.05, 0.1) is 0 Å². The molecule has 1 nitrogen and oxygen atoms in total. The van der Waals surface area contributed by atoms with E-state index in [4.69, 9.17) is 0 Å². The average molecular weight is 237 g/mol. The fraction of sp³-hybridized carbons (Fsp3) is 0.429. The van der Waals surface area contributed by atoms with Crippen molar-refractivity contribution in [3.63, 3.8) is 0 Å². The molecular weight excluding hydrogens is 220 g/mol. The average Bonchev–Trinajstić information content (AvgIpc) is 2.31. The molecular formula is C14H17F2N. The van der Waals surface area contributed by atoms with Gasteiger partial charge in [-0.2, -0.15) is 0 Å². The summed E-state index contributed by atoms with van der Waals surface area (Å²) in [7, 11) is 0. The van der Waals surface area contributed by atoms with Crippen molar-refractivity contribution in [3.8, 4) is 11.8 Å². The first-order chi connectivity index (χ1) is 8.20. The van der Waals surface area contributed by atoms with E-state index >= 15 is 0 Å². The van der Waals surface area contributed by atoms with E-state index in [0.717, 1.165) is 6.42 Å². The van der Waals surface area contributed by atoms with Crippen molar-refractivity contribution in [1.82, 2.24) is 5.32 Å². The molecule has 1 unspecified atom stereocenters. The fourth-order valence-corrected chi connectivity index (χ4v) is 1.64. The highest BCUT2D eigenvalue weighted by Gasteiger charge is 2.18. The molecule has 92 valence electrons. The molecule has 0 aliphatic rings. The molecule has 1 aromatic rings. The molecule has 0 bridgehead atoms. The summed E-state index contributed by atoms with van der Waals surface area (Å²) in [6.07, 6.45) is 1.32. The molecule has 0 radical (unpaired) electrons. The van der Waals surface area contributed by atoms with Crippen LogP contribution in [0.25, 0.3) is 0 Å². The Bertz CT molecular complexity index is 398. The van der Waals surface area contributed by atoms with Gasteiger partial charge in [0.1, 0.15) is 11.6 Å². The summed E-state index contributed by atoms with van der Waals surface area (Å²) in [5.41, 5.74) is 0.0868. The van der Waals surface area contributed by atoms with E-state index < -0.39 is 11.6 Å². The molecule has 1 rings (SSSR count). The highest BCUT2D eigenvalue weighted by molar-refractivity contribution is 5.24. The Morgan fingerprint density at radius 2 is 1.94 bits per heavy atom. The van der Waals surface area contributed by atoms with Crippen LogP contribution in [0.4, 0.5) is 8.78 Å². The Labute approximate surface area is 101 Å². The normalized spacial score (nSPS) is 11.8. The number of hydrogen-bond acceptors (Lipinski definition) is 1. The van der Waals surface area contributed by atoms with Crippen molar-refractivity contribution in [2.24, 2.45) is 0 Å². The van der Waals surface area contributed by atoms with Crippen molar-refractivity contribution in [1.29, 1.82) is 0 Å². The van der Waals surface area contributed by atoms with Gasteiger partial charge in [0.25, 0.3) is 0 Å². The van der Waals surface area contributed by atoms with E-state index in [9.17, 15) is 8.78 Å². The maximum Gasteiger partial charge on any atom is 0.130 e. The third kappa shape index (κ3) is 3.83. The van der Waals surface area contributed by atoms with Gasteiger partial charge in [-0.15, -0.1) is 11.8 Å². The number of rotatable bonds is 5. The van der Waals surface area contributed by atoms with Gasteiger partial charge >= 0.3 is 0 Å². The zero-order valence-electron chi connectivity index (χ0n) is 10.2. The predicted molar refractivity (Wildman–Crippen MR) is 65.5 cm³/mol. The monoisotopic (exact) mass is 237 g/mol. The van der Waals surface area contributed by atoms with E-state index in [1.54, 1.807) is 6.92 Å². The standard InChI is InChI=1S/C14H17F2N/c1-3-5-9-13(17-10-4-2)14-11(15)7-6-8-12(14)16/h6-8,13,17H,4,9-10H2,1-2H3. The first-order valence-electron chi connectivity index (χ1n) is 5.77. The van der Waals surface area contributed by atoms with Crippen molar-refractivity contribution in [3.05, 3.63) is 35.4 Å². The van der Waals surface area contributed by atoms with Gasteiger partial charge in [-0.1, -0.05) is 13.0 Å². The summed E-state index contributed by atoms with van der Waals surface area (Å²) in [5.74, 6) is 4.58. The molecule has 1 aromatic carbocycles. The molecule has 1 N–H and O–H groups in total. The smallest absolute Gasteiger partial charge is 0.130 e. The molecule has 0 aliphatic heterocycles. The second kappa shape index (κ2) is 7.03. The van der Waals surface area contributed by atoms with Crippen LogP contribution >= 0.6 is 0 Å². The van der Waals surface area contributed by atoms with Crippen molar-refractivity contribution < 1.29 is 8.78 Å². The summed E-state index contributed by atoms with van der Waals surface area (Å²) in [6, 6.07) is 3.54. The summed E-state index contributed by atoms with van der Waals surface area (Å²) >= 11 is 0. The first kappa shape index (κ1) is 13.7. The van der Waals surface area contributed by atoms with E-state index in [2.05, 4.69) is 17.2 Å². The Hall–Kier alpha value is -1.40. The number of hydrogen-bond donors (Lipinski definition) is 1. The molecule has 17 heavy (non-hydrogen) atoms. The van der Waals surface area contributed by atoms with Gasteiger partial charge in [-0.25, -0.2) is 8.78 Å². The Morgan fingerprint density at radius 1 is 1.29 bits per heavy atom. The molecule has 0 aliphatic carbocycles. The summed E-state index contributed by atoms with van der Waals surface area (Å²) in [5, 5.41) is 3.12. The molecule has 0 aromatic heterocycles. The lowest BCUT2D eigenvalue weighted by Gasteiger charge is -2.17. The summed E-state index contributed by atoms with van der Waals surface area (Å²) in [6.45, 7) is 4.44. The molecule has 3 heteroatoms. The molecule has 0 saturated heterocycles. The van der Waals surface area contributed by atoms with Gasteiger partial charge in [0.15, 0.2) is 0 Å². The lowest BCUT2D eigenvalue weighted by atomic mass is 10.0. The van der Waals surface area contributed by atoms with Crippen LogP contribution in [0.2, 0.25) is 0 Å². The summed E-state index contributed by atoms with van der Waals surface area (Å²) < 4.78 is 27.3. The largest absolute Gasteiger partial charge is 0.309 e. The van der Waals surface area contributed by atoms with Crippen molar-refractivity contribution in [2.45, 2.75) is 32.7 Å². The van der Waals surface area contributed by atoms with Crippen LogP contribution in [0.15, 0.2) is 18.2 Å². The van der Waals surface area contributed by atoms with Gasteiger partial charge in [-0.05, 0) is 32.0 Å². The van der Waals surface area contributed by atoms with E-state index in [1.165, 1.54) is 18.2 Å². The molecule has 0 heterocycles. The SMILES string of the molecule is CC#CCC(NCCC)c1c(F)cccc1F. The second-order valence-corrected chi connectivity index (χ2v) is 3.77. The number of halogens is 2. The minimum absolute atomic E-state index is 0.0868. The predicted octanol–water partition coefficient (Wildman–Crippen LogP) is 3.42. The van der Waals surface area contributed by atoms with Crippen molar-refractivity contribution >= 4 is 0 Å². The van der Waals surface area contributed by atoms with Crippen LogP contribution in [0.3, 0.4) is 0 Å². The van der Waals surface area contributed by atoms with Crippen LogP contribution in [-0.2, 0) is 0 Å². The molecule has 0 spiro atoms. The third-order valence-corrected chi connectivity index (χ3v) is 2.47. The van der Waals surface area contributed by atoms with E-state index in [-0.39, 0.29) is 11.6 Å². The number of benzene rings is 1. The quantitative estimate of drug-likeness (QED) is 0.774. The van der Waals surface area contributed by atoms with Gasteiger partial charge in [0, 0.05) is 18.0 Å². The molecule has 0 amide bonds. The zero-order valence-corrected chi connectivity index (χ0v) is 10.2. The van der Waals surface area contributed by atoms with Gasteiger partial charge < -0.3 is 5.32 Å². The molecule has 1 atom stereocenters. The first-order valence-corrected chi connectivity index (χ1v) is 5.77. The van der Waals surface area contributed by atoms with Gasteiger partial charge in [0.2, 0.25) is 0 Å². The number of nitrogens with one attached hydrogen (secondary N) is 1. The zero-order chi connectivity index (χ0) is 12.7. The van der Waals surface area contributed by atoms with Crippen LogP contribution < -0.4 is 5.32 Å². The molecule has 0 fully saturated rings. The Kier molecular flexibility index (Phi) is 5.65. The van der Waals surface area contributed by atoms with E-state index in [0.29, 0.717) is 13.0 Å². The fourth-order valence-electron chi connectivity index (χ4n) is 1.64. The maximum atomic E-state index is 13.6. The highest BCUT2D eigenvalue weighted by Crippen LogP contribution is 2.23. The highest BCUT2D eigenvalue weighted by atomic mass is 19.1. The lowest BCUT2D eigenvalue weighted by Crippen LogP contribution is -2.23. The minimum atomic E-state index is -0.517. The Balaban J connectivity index is 2.97. The van der Waals surface area contributed by atoms with Crippen molar-refractivity contribution in [2.75, 3.05) is 6.54 Å². The summed E-state index contributed by atoms with van der Waals surface area (Å²) in [4.78, 5) is 0. The van der Waals surface area contributed by atoms with Crippen LogP contribution in [0, 0.1) is 23.5 Å². The van der Waals surface area contributed by atoms with Gasteiger partial charge in [-0.3, -0.25) is 0 Å².